The minimum absolute atomic E-state index is 0.0347. The summed E-state index contributed by atoms with van der Waals surface area (Å²) in [4.78, 5) is 8.54. The van der Waals surface area contributed by atoms with E-state index in [-0.39, 0.29) is 6.61 Å². The fraction of sp³-hybridized carbons (Fsp3) is 0.333. The lowest BCUT2D eigenvalue weighted by Gasteiger charge is -2.06. The predicted molar refractivity (Wildman–Crippen MR) is 64.5 cm³/mol. The summed E-state index contributed by atoms with van der Waals surface area (Å²) in [7, 11) is 0. The van der Waals surface area contributed by atoms with Crippen LogP contribution in [0.15, 0.2) is 12.1 Å². The van der Waals surface area contributed by atoms with E-state index in [1.54, 1.807) is 10.7 Å². The van der Waals surface area contributed by atoms with Gasteiger partial charge < -0.3 is 4.74 Å². The highest BCUT2D eigenvalue weighted by Gasteiger charge is 2.09. The third-order valence-corrected chi connectivity index (χ3v) is 2.30. The van der Waals surface area contributed by atoms with E-state index in [0.717, 1.165) is 17.1 Å². The van der Waals surface area contributed by atoms with Crippen molar-refractivity contribution in [1.29, 1.82) is 5.26 Å². The third kappa shape index (κ3) is 2.46. The van der Waals surface area contributed by atoms with Gasteiger partial charge in [-0.3, -0.25) is 0 Å². The van der Waals surface area contributed by atoms with Gasteiger partial charge in [-0.1, -0.05) is 0 Å². The monoisotopic (exact) mass is 243 g/mol. The number of hydrogen-bond acceptors (Lipinski definition) is 5. The molecule has 0 spiro atoms. The zero-order valence-electron chi connectivity index (χ0n) is 10.5. The van der Waals surface area contributed by atoms with Crippen LogP contribution in [0, 0.1) is 32.1 Å². The SMILES string of the molecule is Cc1cc(OCC#N)nc(-n2nc(C)cc2C)n1. The highest BCUT2D eigenvalue weighted by atomic mass is 16.5. The average molecular weight is 243 g/mol. The van der Waals surface area contributed by atoms with E-state index in [2.05, 4.69) is 15.1 Å². The molecule has 6 nitrogen and oxygen atoms in total. The minimum Gasteiger partial charge on any atom is -0.462 e. The summed E-state index contributed by atoms with van der Waals surface area (Å²) in [6.07, 6.45) is 0. The number of nitriles is 1. The lowest BCUT2D eigenvalue weighted by atomic mass is 10.4. The average Bonchev–Trinajstić information content (AvgIpc) is 2.65. The molecule has 0 atom stereocenters. The standard InChI is InChI=1S/C12H13N5O/c1-8-7-11(18-5-4-13)15-12(14-8)17-10(3)6-9(2)16-17/h6-7H,5H2,1-3H3. The van der Waals surface area contributed by atoms with E-state index in [4.69, 9.17) is 10.00 Å². The van der Waals surface area contributed by atoms with E-state index in [9.17, 15) is 0 Å². The highest BCUT2D eigenvalue weighted by molar-refractivity contribution is 5.25. The first kappa shape index (κ1) is 12.0. The molecule has 2 rings (SSSR count). The van der Waals surface area contributed by atoms with Gasteiger partial charge in [-0.25, -0.2) is 9.67 Å². The molecule has 0 aliphatic rings. The Morgan fingerprint density at radius 2 is 2.00 bits per heavy atom. The van der Waals surface area contributed by atoms with Crippen LogP contribution in [0.4, 0.5) is 0 Å². The molecule has 0 aromatic carbocycles. The van der Waals surface area contributed by atoms with Gasteiger partial charge in [-0.15, -0.1) is 0 Å². The van der Waals surface area contributed by atoms with Crippen LogP contribution in [0.5, 0.6) is 5.88 Å². The van der Waals surface area contributed by atoms with Gasteiger partial charge in [0.15, 0.2) is 6.61 Å². The van der Waals surface area contributed by atoms with Gasteiger partial charge in [0.05, 0.1) is 5.69 Å². The zero-order valence-corrected chi connectivity index (χ0v) is 10.5. The van der Waals surface area contributed by atoms with Crippen LogP contribution in [0.25, 0.3) is 5.95 Å². The largest absolute Gasteiger partial charge is 0.462 e. The summed E-state index contributed by atoms with van der Waals surface area (Å²) < 4.78 is 6.85. The van der Waals surface area contributed by atoms with Gasteiger partial charge in [0.25, 0.3) is 5.95 Å². The number of ether oxygens (including phenoxy) is 1. The van der Waals surface area contributed by atoms with Crippen molar-refractivity contribution >= 4 is 0 Å². The molecular formula is C12H13N5O. The van der Waals surface area contributed by atoms with Crippen molar-refractivity contribution in [3.63, 3.8) is 0 Å². The van der Waals surface area contributed by atoms with Crippen LogP contribution in [0.1, 0.15) is 17.1 Å². The molecular weight excluding hydrogens is 230 g/mol. The Labute approximate surface area is 105 Å². The van der Waals surface area contributed by atoms with Crippen molar-refractivity contribution in [1.82, 2.24) is 19.7 Å². The topological polar surface area (TPSA) is 76.6 Å². The summed E-state index contributed by atoms with van der Waals surface area (Å²) in [6.45, 7) is 5.65. The Hall–Kier alpha value is -2.42. The third-order valence-electron chi connectivity index (χ3n) is 2.30. The van der Waals surface area contributed by atoms with E-state index < -0.39 is 0 Å². The first-order valence-corrected chi connectivity index (χ1v) is 5.49. The fourth-order valence-corrected chi connectivity index (χ4v) is 1.63. The minimum atomic E-state index is -0.0347. The molecule has 0 radical (unpaired) electrons. The molecule has 0 aliphatic heterocycles. The summed E-state index contributed by atoms with van der Waals surface area (Å²) >= 11 is 0. The molecule has 0 amide bonds. The maximum absolute atomic E-state index is 8.49. The van der Waals surface area contributed by atoms with E-state index in [0.29, 0.717) is 11.8 Å². The van der Waals surface area contributed by atoms with Gasteiger partial charge in [0.2, 0.25) is 5.88 Å². The van der Waals surface area contributed by atoms with Crippen LogP contribution in [-0.4, -0.2) is 26.4 Å². The Morgan fingerprint density at radius 3 is 2.61 bits per heavy atom. The van der Waals surface area contributed by atoms with Gasteiger partial charge in [0.1, 0.15) is 6.07 Å². The van der Waals surface area contributed by atoms with Crippen LogP contribution in [0.3, 0.4) is 0 Å². The fourth-order valence-electron chi connectivity index (χ4n) is 1.63. The van der Waals surface area contributed by atoms with Crippen LogP contribution in [0.2, 0.25) is 0 Å². The van der Waals surface area contributed by atoms with Crippen LogP contribution in [-0.2, 0) is 0 Å². The molecule has 0 unspecified atom stereocenters. The highest BCUT2D eigenvalue weighted by Crippen LogP contribution is 2.13. The summed E-state index contributed by atoms with van der Waals surface area (Å²) in [5, 5.41) is 12.8. The Balaban J connectivity index is 2.42. The molecule has 0 bridgehead atoms. The molecule has 0 N–H and O–H groups in total. The number of nitrogens with zero attached hydrogens (tertiary/aromatic N) is 5. The second kappa shape index (κ2) is 4.84. The molecule has 0 aliphatic carbocycles. The molecule has 6 heteroatoms. The number of aromatic nitrogens is 4. The van der Waals surface area contributed by atoms with Gasteiger partial charge in [-0.05, 0) is 26.8 Å². The van der Waals surface area contributed by atoms with Gasteiger partial charge in [-0.2, -0.15) is 15.3 Å². The molecule has 0 fully saturated rings. The smallest absolute Gasteiger partial charge is 0.254 e. The van der Waals surface area contributed by atoms with Crippen molar-refractivity contribution in [3.05, 3.63) is 29.2 Å². The first-order chi connectivity index (χ1) is 8.60. The van der Waals surface area contributed by atoms with E-state index in [1.165, 1.54) is 0 Å². The van der Waals surface area contributed by atoms with E-state index >= 15 is 0 Å². The number of hydrogen-bond donors (Lipinski definition) is 0. The second-order valence-electron chi connectivity index (χ2n) is 3.93. The maximum Gasteiger partial charge on any atom is 0.254 e. The molecule has 18 heavy (non-hydrogen) atoms. The maximum atomic E-state index is 8.49. The second-order valence-corrected chi connectivity index (χ2v) is 3.93. The van der Waals surface area contributed by atoms with Crippen molar-refractivity contribution in [2.75, 3.05) is 6.61 Å². The Bertz CT molecular complexity index is 611. The molecule has 2 heterocycles. The summed E-state index contributed by atoms with van der Waals surface area (Å²) in [5.41, 5.74) is 2.61. The predicted octanol–water partition coefficient (Wildman–Crippen LogP) is 1.49. The lowest BCUT2D eigenvalue weighted by molar-refractivity contribution is 0.351. The van der Waals surface area contributed by atoms with Crippen LogP contribution < -0.4 is 4.74 Å². The molecule has 2 aromatic rings. The molecule has 0 saturated carbocycles. The lowest BCUT2D eigenvalue weighted by Crippen LogP contribution is -2.08. The normalized spacial score (nSPS) is 10.1. The summed E-state index contributed by atoms with van der Waals surface area (Å²) in [5.74, 6) is 0.833. The van der Waals surface area contributed by atoms with E-state index in [1.807, 2.05) is 32.9 Å². The molecule has 92 valence electrons. The molecule has 2 aromatic heterocycles. The zero-order chi connectivity index (χ0) is 13.1. The van der Waals surface area contributed by atoms with Gasteiger partial charge >= 0.3 is 0 Å². The van der Waals surface area contributed by atoms with Crippen LogP contribution >= 0.6 is 0 Å². The molecule has 0 saturated heterocycles. The first-order valence-electron chi connectivity index (χ1n) is 5.49. The Kier molecular flexibility index (Phi) is 3.24. The Morgan fingerprint density at radius 1 is 1.22 bits per heavy atom. The quantitative estimate of drug-likeness (QED) is 0.816. The van der Waals surface area contributed by atoms with Crippen molar-refractivity contribution < 1.29 is 4.74 Å². The number of rotatable bonds is 3. The van der Waals surface area contributed by atoms with Crippen molar-refractivity contribution in [2.45, 2.75) is 20.8 Å². The van der Waals surface area contributed by atoms with Gasteiger partial charge in [0, 0.05) is 17.5 Å². The van der Waals surface area contributed by atoms with Crippen molar-refractivity contribution in [3.8, 4) is 17.9 Å². The number of aryl methyl sites for hydroxylation is 3. The van der Waals surface area contributed by atoms with Crippen molar-refractivity contribution in [2.24, 2.45) is 0 Å². The summed E-state index contributed by atoms with van der Waals surface area (Å²) in [6, 6.07) is 5.54.